The molecule has 0 aromatic heterocycles. The van der Waals surface area contributed by atoms with E-state index in [0.717, 1.165) is 19.3 Å². The van der Waals surface area contributed by atoms with Gasteiger partial charge in [-0.2, -0.15) is 0 Å². The summed E-state index contributed by atoms with van der Waals surface area (Å²) in [5, 5.41) is 11.0. The number of carbonyl (C=O) groups excluding carboxylic acids is 1. The molecule has 4 heterocycles. The van der Waals surface area contributed by atoms with E-state index < -0.39 is 23.7 Å². The molecule has 210 valence electrons. The minimum absolute atomic E-state index is 0.0182. The summed E-state index contributed by atoms with van der Waals surface area (Å²) >= 11 is 0. The van der Waals surface area contributed by atoms with Crippen molar-refractivity contribution in [2.75, 3.05) is 41.4 Å². The van der Waals surface area contributed by atoms with Crippen molar-refractivity contribution in [3.8, 4) is 0 Å². The van der Waals surface area contributed by atoms with Gasteiger partial charge in [-0.3, -0.25) is 9.69 Å². The molecule has 0 radical (unpaired) electrons. The van der Waals surface area contributed by atoms with E-state index in [0.29, 0.717) is 25.0 Å². The molecule has 1 N–H and O–H groups in total. The summed E-state index contributed by atoms with van der Waals surface area (Å²) in [5.74, 6) is -0.985. The van der Waals surface area contributed by atoms with Crippen LogP contribution < -0.4 is 0 Å². The molecule has 11 atom stereocenters. The van der Waals surface area contributed by atoms with Gasteiger partial charge in [-0.25, -0.2) is 0 Å². The third-order valence-corrected chi connectivity index (χ3v) is 8.69. The molecule has 0 aliphatic carbocycles. The molecule has 4 aliphatic rings. The van der Waals surface area contributed by atoms with Crippen LogP contribution in [0.4, 0.5) is 0 Å². The lowest BCUT2D eigenvalue weighted by Gasteiger charge is -2.62. The number of hydrogen-bond acceptors (Lipinski definition) is 9. The summed E-state index contributed by atoms with van der Waals surface area (Å²) < 4.78 is 30.3. The van der Waals surface area contributed by atoms with Crippen molar-refractivity contribution in [2.24, 2.45) is 17.8 Å². The average Bonchev–Trinajstić information content (AvgIpc) is 2.85. The van der Waals surface area contributed by atoms with Crippen LogP contribution in [0.2, 0.25) is 0 Å². The first-order valence-electron chi connectivity index (χ1n) is 13.7. The lowest BCUT2D eigenvalue weighted by atomic mass is 9.77. The van der Waals surface area contributed by atoms with Gasteiger partial charge in [-0.1, -0.05) is 20.8 Å². The predicted molar refractivity (Wildman–Crippen MR) is 136 cm³/mol. The standard InChI is InChI=1S/C27H50N2O7/c1-10-19(14-32-22-13-20(28(6)7)12-16(3)34-22)23(30)17(4)26(31)33-15-21-24-18(5)25(35-24)27(11-2,36-21)29(8)9/h16-25,30H,10-15H2,1-9H3. The van der Waals surface area contributed by atoms with E-state index >= 15 is 0 Å². The van der Waals surface area contributed by atoms with Gasteiger partial charge in [0, 0.05) is 24.3 Å². The number of rotatable bonds is 12. The second kappa shape index (κ2) is 12.4. The number of aliphatic hydroxyl groups is 1. The largest absolute Gasteiger partial charge is 0.463 e. The molecule has 0 aromatic carbocycles. The minimum atomic E-state index is -0.875. The molecule has 9 nitrogen and oxygen atoms in total. The molecule has 0 spiro atoms. The maximum atomic E-state index is 12.9. The van der Waals surface area contributed by atoms with Crippen LogP contribution in [0.5, 0.6) is 0 Å². The number of likely N-dealkylation sites (N-methyl/N-ethyl adjacent to an activating group) is 1. The van der Waals surface area contributed by atoms with Crippen molar-refractivity contribution in [1.82, 2.24) is 9.80 Å². The zero-order chi connectivity index (χ0) is 26.8. The molecular weight excluding hydrogens is 464 g/mol. The van der Waals surface area contributed by atoms with Crippen LogP contribution in [0.3, 0.4) is 0 Å². The second-order valence-electron chi connectivity index (χ2n) is 11.5. The van der Waals surface area contributed by atoms with E-state index in [1.807, 2.05) is 21.0 Å². The van der Waals surface area contributed by atoms with Crippen LogP contribution >= 0.6 is 0 Å². The Labute approximate surface area is 217 Å². The summed E-state index contributed by atoms with van der Waals surface area (Å²) in [6.07, 6.45) is 1.76. The van der Waals surface area contributed by atoms with Gasteiger partial charge in [-0.05, 0) is 61.3 Å². The topological polar surface area (TPSA) is 89.9 Å². The van der Waals surface area contributed by atoms with Crippen molar-refractivity contribution in [3.05, 3.63) is 0 Å². The number of hydrogen-bond donors (Lipinski definition) is 1. The van der Waals surface area contributed by atoms with E-state index in [9.17, 15) is 9.90 Å². The van der Waals surface area contributed by atoms with E-state index in [2.05, 4.69) is 44.7 Å². The van der Waals surface area contributed by atoms with Crippen molar-refractivity contribution in [2.45, 2.75) is 109 Å². The lowest BCUT2D eigenvalue weighted by Crippen LogP contribution is -2.75. The van der Waals surface area contributed by atoms with E-state index in [-0.39, 0.29) is 43.2 Å². The van der Waals surface area contributed by atoms with Gasteiger partial charge in [-0.15, -0.1) is 0 Å². The molecule has 11 unspecified atom stereocenters. The third-order valence-electron chi connectivity index (χ3n) is 8.69. The first-order valence-corrected chi connectivity index (χ1v) is 13.7. The van der Waals surface area contributed by atoms with E-state index in [1.54, 1.807) is 6.92 Å². The van der Waals surface area contributed by atoms with Crippen LogP contribution in [-0.2, 0) is 28.5 Å². The first-order chi connectivity index (χ1) is 16.9. The molecular formula is C27H50N2O7. The van der Waals surface area contributed by atoms with Gasteiger partial charge >= 0.3 is 5.97 Å². The number of fused-ring (bicyclic) bond motifs is 2. The number of esters is 1. The van der Waals surface area contributed by atoms with Gasteiger partial charge in [0.05, 0.1) is 30.8 Å². The van der Waals surface area contributed by atoms with Crippen LogP contribution in [0.1, 0.15) is 60.3 Å². The molecule has 0 aromatic rings. The quantitative estimate of drug-likeness (QED) is 0.395. The number of ether oxygens (including phenoxy) is 5. The summed E-state index contributed by atoms with van der Waals surface area (Å²) in [4.78, 5) is 17.2. The molecule has 4 fully saturated rings. The number of aliphatic hydroxyl groups excluding tert-OH is 1. The Hall–Kier alpha value is -0.810. The van der Waals surface area contributed by atoms with Crippen molar-refractivity contribution < 1.29 is 33.6 Å². The SMILES string of the molecule is CCC(COC1CC(N(C)C)CC(C)O1)C(O)C(C)C(=O)OCC1OC(CC)(N(C)C)C2OC1C2C. The van der Waals surface area contributed by atoms with Crippen molar-refractivity contribution in [3.63, 3.8) is 0 Å². The summed E-state index contributed by atoms with van der Waals surface area (Å²) in [6, 6.07) is 0.399. The van der Waals surface area contributed by atoms with E-state index in [4.69, 9.17) is 23.7 Å². The number of carbonyl (C=O) groups is 1. The highest BCUT2D eigenvalue weighted by molar-refractivity contribution is 5.72. The molecule has 36 heavy (non-hydrogen) atoms. The molecule has 9 heteroatoms. The minimum Gasteiger partial charge on any atom is -0.463 e. The Bertz CT molecular complexity index is 722. The first kappa shape index (κ1) is 29.7. The molecule has 4 saturated heterocycles. The molecule has 4 rings (SSSR count). The zero-order valence-corrected chi connectivity index (χ0v) is 23.8. The third kappa shape index (κ3) is 6.08. The van der Waals surface area contributed by atoms with Crippen LogP contribution in [-0.4, -0.2) is 111 Å². The molecule has 2 bridgehead atoms. The van der Waals surface area contributed by atoms with Crippen LogP contribution in [0.15, 0.2) is 0 Å². The predicted octanol–water partition coefficient (Wildman–Crippen LogP) is 2.49. The summed E-state index contributed by atoms with van der Waals surface area (Å²) in [5.41, 5.74) is -0.523. The van der Waals surface area contributed by atoms with Gasteiger partial charge in [0.25, 0.3) is 0 Å². The van der Waals surface area contributed by atoms with E-state index in [1.165, 1.54) is 0 Å². The Morgan fingerprint density at radius 2 is 1.83 bits per heavy atom. The maximum absolute atomic E-state index is 12.9. The Balaban J connectivity index is 1.51. The van der Waals surface area contributed by atoms with Crippen molar-refractivity contribution in [1.29, 1.82) is 0 Å². The van der Waals surface area contributed by atoms with Gasteiger partial charge < -0.3 is 33.7 Å². The summed E-state index contributed by atoms with van der Waals surface area (Å²) in [6.45, 7) is 10.5. The van der Waals surface area contributed by atoms with Gasteiger partial charge in [0.2, 0.25) is 0 Å². The average molecular weight is 515 g/mol. The maximum Gasteiger partial charge on any atom is 0.311 e. The molecule has 0 amide bonds. The highest BCUT2D eigenvalue weighted by atomic mass is 16.7. The van der Waals surface area contributed by atoms with Gasteiger partial charge in [0.15, 0.2) is 6.29 Å². The summed E-state index contributed by atoms with van der Waals surface area (Å²) in [7, 11) is 8.13. The van der Waals surface area contributed by atoms with Crippen LogP contribution in [0, 0.1) is 17.8 Å². The fraction of sp³-hybridized carbons (Fsp3) is 0.963. The molecule has 0 saturated carbocycles. The highest BCUT2D eigenvalue weighted by Crippen LogP contribution is 2.48. The lowest BCUT2D eigenvalue weighted by molar-refractivity contribution is -0.398. The van der Waals surface area contributed by atoms with Crippen molar-refractivity contribution >= 4 is 5.97 Å². The normalized spacial score (nSPS) is 38.9. The molecule has 4 aliphatic heterocycles. The smallest absolute Gasteiger partial charge is 0.311 e. The second-order valence-corrected chi connectivity index (χ2v) is 11.5. The van der Waals surface area contributed by atoms with Gasteiger partial charge in [0.1, 0.15) is 24.5 Å². The zero-order valence-electron chi connectivity index (χ0n) is 23.8. The number of nitrogens with zero attached hydrogens (tertiary/aromatic N) is 2. The van der Waals surface area contributed by atoms with Crippen LogP contribution in [0.25, 0.3) is 0 Å². The fourth-order valence-corrected chi connectivity index (χ4v) is 6.06. The fourth-order valence-electron chi connectivity index (χ4n) is 6.06. The Kier molecular flexibility index (Phi) is 10.2. The Morgan fingerprint density at radius 1 is 1.14 bits per heavy atom. The highest BCUT2D eigenvalue weighted by Gasteiger charge is 2.62. The Morgan fingerprint density at radius 3 is 2.39 bits per heavy atom. The monoisotopic (exact) mass is 514 g/mol.